The number of carboxylic acid groups (broad SMARTS) is 1. The predicted molar refractivity (Wildman–Crippen MR) is 107 cm³/mol. The van der Waals surface area contributed by atoms with E-state index in [1.807, 2.05) is 41.8 Å². The van der Waals surface area contributed by atoms with Gasteiger partial charge in [0.2, 0.25) is 0 Å². The molecule has 0 aliphatic heterocycles. The predicted octanol–water partition coefficient (Wildman–Crippen LogP) is 3.52. The van der Waals surface area contributed by atoms with Gasteiger partial charge in [0.15, 0.2) is 5.16 Å². The second kappa shape index (κ2) is 9.16. The van der Waals surface area contributed by atoms with Crippen LogP contribution in [0.3, 0.4) is 0 Å². The van der Waals surface area contributed by atoms with Gasteiger partial charge in [-0.05, 0) is 29.0 Å². The van der Waals surface area contributed by atoms with Crippen LogP contribution in [0.2, 0.25) is 4.34 Å². The zero-order valence-electron chi connectivity index (χ0n) is 14.2. The second-order valence-corrected chi connectivity index (χ2v) is 8.22. The third-order valence-corrected chi connectivity index (χ3v) is 5.85. The van der Waals surface area contributed by atoms with Crippen molar-refractivity contribution in [3.63, 3.8) is 0 Å². The molecule has 0 atom stereocenters. The van der Waals surface area contributed by atoms with E-state index in [2.05, 4.69) is 10.1 Å². The van der Waals surface area contributed by atoms with Crippen LogP contribution >= 0.6 is 34.7 Å². The Hall–Kier alpha value is -2.16. The first-order chi connectivity index (χ1) is 13.0. The first-order valence-corrected chi connectivity index (χ1v) is 10.3. The van der Waals surface area contributed by atoms with Gasteiger partial charge < -0.3 is 5.11 Å². The maximum atomic E-state index is 12.3. The van der Waals surface area contributed by atoms with Crippen molar-refractivity contribution in [3.8, 4) is 0 Å². The fraction of sp³-hybridized carbons (Fsp3) is 0.222. The molecule has 3 aromatic rings. The van der Waals surface area contributed by atoms with Crippen LogP contribution in [0.1, 0.15) is 16.8 Å². The molecule has 27 heavy (non-hydrogen) atoms. The van der Waals surface area contributed by atoms with Crippen LogP contribution in [-0.4, -0.2) is 25.8 Å². The maximum Gasteiger partial charge on any atom is 0.325 e. The van der Waals surface area contributed by atoms with E-state index in [1.165, 1.54) is 27.8 Å². The number of aliphatic carboxylic acids is 1. The van der Waals surface area contributed by atoms with E-state index in [1.54, 1.807) is 0 Å². The van der Waals surface area contributed by atoms with Crippen molar-refractivity contribution in [1.29, 1.82) is 0 Å². The zero-order chi connectivity index (χ0) is 19.2. The van der Waals surface area contributed by atoms with E-state index in [9.17, 15) is 9.59 Å². The summed E-state index contributed by atoms with van der Waals surface area (Å²) in [6.45, 7) is -0.349. The Balaban J connectivity index is 1.79. The van der Waals surface area contributed by atoms with Gasteiger partial charge in [-0.25, -0.2) is 4.68 Å². The molecule has 2 heterocycles. The Bertz CT molecular complexity index is 989. The highest BCUT2D eigenvalue weighted by Crippen LogP contribution is 2.26. The lowest BCUT2D eigenvalue weighted by atomic mass is 10.1. The van der Waals surface area contributed by atoms with Crippen LogP contribution in [0, 0.1) is 0 Å². The van der Waals surface area contributed by atoms with Crippen molar-refractivity contribution in [2.45, 2.75) is 30.3 Å². The lowest BCUT2D eigenvalue weighted by Gasteiger charge is -2.10. The number of hydrogen-bond donors (Lipinski definition) is 1. The molecule has 140 valence electrons. The molecule has 3 rings (SSSR count). The molecule has 0 aliphatic rings. The molecule has 0 bridgehead atoms. The zero-order valence-corrected chi connectivity index (χ0v) is 16.6. The molecule has 6 nitrogen and oxygen atoms in total. The number of carbonyl (C=O) groups is 1. The maximum absolute atomic E-state index is 12.3. The number of thioether (sulfide) groups is 1. The minimum Gasteiger partial charge on any atom is -0.480 e. The van der Waals surface area contributed by atoms with Crippen molar-refractivity contribution >= 4 is 40.7 Å². The number of hydrogen-bond acceptors (Lipinski definition) is 6. The van der Waals surface area contributed by atoms with Gasteiger partial charge in [-0.1, -0.05) is 53.7 Å². The molecule has 1 aromatic carbocycles. The molecule has 0 saturated heterocycles. The number of benzene rings is 1. The number of nitrogens with zero attached hydrogens (tertiary/aromatic N) is 3. The third-order valence-electron chi connectivity index (χ3n) is 3.67. The Morgan fingerprint density at radius 1 is 1.22 bits per heavy atom. The Labute approximate surface area is 168 Å². The van der Waals surface area contributed by atoms with Gasteiger partial charge in [-0.3, -0.25) is 9.59 Å². The summed E-state index contributed by atoms with van der Waals surface area (Å²) in [5.41, 5.74) is 1.91. The molecule has 1 N–H and O–H groups in total. The summed E-state index contributed by atoms with van der Waals surface area (Å²) >= 11 is 8.61. The van der Waals surface area contributed by atoms with Gasteiger partial charge in [0, 0.05) is 12.2 Å². The fourth-order valence-electron chi connectivity index (χ4n) is 2.41. The number of rotatable bonds is 8. The Morgan fingerprint density at radius 3 is 2.67 bits per heavy atom. The van der Waals surface area contributed by atoms with Gasteiger partial charge in [0.05, 0.1) is 4.34 Å². The standard InChI is InChI=1S/C18H16ClN3O3S2/c19-15-8-13(10-26-15)11-27-18-20-17(25)14(21-22(18)9-16(23)24)7-6-12-4-2-1-3-5-12/h1-5,8,10H,6-7,9,11H2,(H,23,24). The lowest BCUT2D eigenvalue weighted by molar-refractivity contribution is -0.138. The monoisotopic (exact) mass is 421 g/mol. The number of halogens is 1. The summed E-state index contributed by atoms with van der Waals surface area (Å²) in [7, 11) is 0. The first kappa shape index (κ1) is 19.6. The van der Waals surface area contributed by atoms with E-state index >= 15 is 0 Å². The summed E-state index contributed by atoms with van der Waals surface area (Å²) in [6.07, 6.45) is 1.04. The fourth-order valence-corrected chi connectivity index (χ4v) is 4.29. The van der Waals surface area contributed by atoms with Crippen molar-refractivity contribution in [3.05, 3.63) is 73.3 Å². The van der Waals surface area contributed by atoms with Gasteiger partial charge in [-0.15, -0.1) is 11.3 Å². The summed E-state index contributed by atoms with van der Waals surface area (Å²) in [4.78, 5) is 27.6. The Kier molecular flexibility index (Phi) is 6.65. The third kappa shape index (κ3) is 5.66. The highest BCUT2D eigenvalue weighted by molar-refractivity contribution is 7.98. The van der Waals surface area contributed by atoms with Crippen LogP contribution in [-0.2, 0) is 29.9 Å². The van der Waals surface area contributed by atoms with Gasteiger partial charge in [-0.2, -0.15) is 10.1 Å². The van der Waals surface area contributed by atoms with Gasteiger partial charge in [0.1, 0.15) is 12.2 Å². The van der Waals surface area contributed by atoms with E-state index in [4.69, 9.17) is 16.7 Å². The quantitative estimate of drug-likeness (QED) is 0.560. The molecule has 0 amide bonds. The summed E-state index contributed by atoms with van der Waals surface area (Å²) < 4.78 is 1.96. The Morgan fingerprint density at radius 2 is 2.00 bits per heavy atom. The normalized spacial score (nSPS) is 10.9. The highest BCUT2D eigenvalue weighted by Gasteiger charge is 2.14. The molecule has 0 spiro atoms. The van der Waals surface area contributed by atoms with Gasteiger partial charge in [0.25, 0.3) is 5.56 Å². The van der Waals surface area contributed by atoms with E-state index in [0.717, 1.165) is 11.1 Å². The molecule has 9 heteroatoms. The number of aryl methyl sites for hydroxylation is 2. The number of thiophene rings is 1. The smallest absolute Gasteiger partial charge is 0.325 e. The molecule has 0 aliphatic carbocycles. The summed E-state index contributed by atoms with van der Waals surface area (Å²) in [5, 5.41) is 15.6. The lowest BCUT2D eigenvalue weighted by Crippen LogP contribution is -2.26. The molecular weight excluding hydrogens is 406 g/mol. The van der Waals surface area contributed by atoms with E-state index in [0.29, 0.717) is 22.9 Å². The molecule has 2 aromatic heterocycles. The minimum atomic E-state index is -1.04. The van der Waals surface area contributed by atoms with Gasteiger partial charge >= 0.3 is 5.97 Å². The average molecular weight is 422 g/mol. The number of carboxylic acids is 1. The topological polar surface area (TPSA) is 85.1 Å². The van der Waals surface area contributed by atoms with Crippen molar-refractivity contribution in [1.82, 2.24) is 14.8 Å². The molecule has 0 radical (unpaired) electrons. The van der Waals surface area contributed by atoms with Crippen LogP contribution in [0.4, 0.5) is 0 Å². The number of aromatic nitrogens is 3. The average Bonchev–Trinajstić information content (AvgIpc) is 3.06. The van der Waals surface area contributed by atoms with E-state index in [-0.39, 0.29) is 17.4 Å². The summed E-state index contributed by atoms with van der Waals surface area (Å²) in [6, 6.07) is 11.6. The molecular formula is C18H16ClN3O3S2. The molecule has 0 fully saturated rings. The first-order valence-electron chi connectivity index (χ1n) is 8.11. The van der Waals surface area contributed by atoms with Crippen LogP contribution < -0.4 is 5.56 Å². The molecule has 0 saturated carbocycles. The largest absolute Gasteiger partial charge is 0.480 e. The second-order valence-electron chi connectivity index (χ2n) is 5.73. The highest BCUT2D eigenvalue weighted by atomic mass is 35.5. The van der Waals surface area contributed by atoms with Crippen LogP contribution in [0.15, 0.2) is 51.7 Å². The van der Waals surface area contributed by atoms with Crippen LogP contribution in [0.25, 0.3) is 0 Å². The van der Waals surface area contributed by atoms with E-state index < -0.39 is 11.5 Å². The van der Waals surface area contributed by atoms with Crippen LogP contribution in [0.5, 0.6) is 0 Å². The SMILES string of the molecule is O=C(O)Cn1nc(CCc2ccccc2)c(=O)nc1SCc1csc(Cl)c1. The van der Waals surface area contributed by atoms with Crippen molar-refractivity contribution < 1.29 is 9.90 Å². The molecule has 0 unspecified atom stereocenters. The minimum absolute atomic E-state index is 0.267. The van der Waals surface area contributed by atoms with Crippen molar-refractivity contribution in [2.24, 2.45) is 0 Å². The summed E-state index contributed by atoms with van der Waals surface area (Å²) in [5.74, 6) is -0.511. The van der Waals surface area contributed by atoms with Crippen molar-refractivity contribution in [2.75, 3.05) is 0 Å².